The van der Waals surface area contributed by atoms with E-state index in [1.165, 1.54) is 11.1 Å². The largest absolute Gasteiger partial charge is 0.494 e. The molecule has 1 amide bonds. The van der Waals surface area contributed by atoms with Gasteiger partial charge in [-0.15, -0.1) is 0 Å². The minimum absolute atomic E-state index is 0.0541. The van der Waals surface area contributed by atoms with Crippen LogP contribution in [0.15, 0.2) is 84.9 Å². The Morgan fingerprint density at radius 3 is 2.61 bits per heavy atom. The Hall–Kier alpha value is -3.53. The number of ether oxygens (including phenoxy) is 1. The number of para-hydroxylation sites is 1. The van der Waals surface area contributed by atoms with Crippen LogP contribution in [0.1, 0.15) is 65.3 Å². The summed E-state index contributed by atoms with van der Waals surface area (Å²) in [6, 6.07) is 24.6. The first-order valence-corrected chi connectivity index (χ1v) is 11.8. The first kappa shape index (κ1) is 21.3. The highest BCUT2D eigenvalue weighted by Gasteiger charge is 2.39. The van der Waals surface area contributed by atoms with E-state index >= 15 is 0 Å². The van der Waals surface area contributed by atoms with Gasteiger partial charge in [-0.2, -0.15) is 0 Å². The van der Waals surface area contributed by atoms with Crippen LogP contribution in [0.5, 0.6) is 5.75 Å². The molecule has 1 aliphatic heterocycles. The smallest absolute Gasteiger partial charge is 0.253 e. The topological polar surface area (TPSA) is 50.4 Å². The van der Waals surface area contributed by atoms with E-state index in [1.54, 1.807) is 0 Å². The molecule has 1 heterocycles. The molecule has 4 nitrogen and oxygen atoms in total. The molecule has 0 saturated carbocycles. The maximum atomic E-state index is 13.4. The maximum absolute atomic E-state index is 13.4. The molecule has 4 unspecified atom stereocenters. The number of allylic oxidation sites excluding steroid dienone is 2. The van der Waals surface area contributed by atoms with Crippen molar-refractivity contribution in [2.75, 3.05) is 11.9 Å². The standard InChI is InChI=1S/C29H30N2O2/c1-3-33-22-17-15-21(16-18-22)27-24-12-7-11-23(24)25-13-8-14-26(28(25)31-27)29(32)30-19(2)20-9-5-4-6-10-20/h4-11,13-19,23-24,27,31H,3,12H2,1-2H3,(H,30,32). The summed E-state index contributed by atoms with van der Waals surface area (Å²) in [6.07, 6.45) is 5.61. The molecule has 5 rings (SSSR count). The normalized spacial score (nSPS) is 21.5. The molecule has 0 fully saturated rings. The van der Waals surface area contributed by atoms with E-state index in [9.17, 15) is 4.79 Å². The van der Waals surface area contributed by atoms with Crippen molar-refractivity contribution in [1.29, 1.82) is 0 Å². The van der Waals surface area contributed by atoms with E-state index in [4.69, 9.17) is 4.74 Å². The number of rotatable bonds is 6. The van der Waals surface area contributed by atoms with Crippen molar-refractivity contribution in [2.24, 2.45) is 5.92 Å². The zero-order valence-corrected chi connectivity index (χ0v) is 19.1. The van der Waals surface area contributed by atoms with Gasteiger partial charge in [0.15, 0.2) is 0 Å². The van der Waals surface area contributed by atoms with Crippen LogP contribution in [0, 0.1) is 5.92 Å². The number of hydrogen-bond acceptors (Lipinski definition) is 3. The van der Waals surface area contributed by atoms with Crippen LogP contribution in [0.25, 0.3) is 0 Å². The van der Waals surface area contributed by atoms with E-state index in [1.807, 2.05) is 68.4 Å². The second-order valence-electron chi connectivity index (χ2n) is 8.85. The average molecular weight is 439 g/mol. The lowest BCUT2D eigenvalue weighted by Gasteiger charge is -2.38. The highest BCUT2D eigenvalue weighted by Crippen LogP contribution is 2.50. The monoisotopic (exact) mass is 438 g/mol. The van der Waals surface area contributed by atoms with Crippen LogP contribution >= 0.6 is 0 Å². The van der Waals surface area contributed by atoms with Gasteiger partial charge in [-0.25, -0.2) is 0 Å². The van der Waals surface area contributed by atoms with Crippen molar-refractivity contribution in [2.45, 2.75) is 38.3 Å². The second kappa shape index (κ2) is 9.14. The van der Waals surface area contributed by atoms with E-state index in [0.29, 0.717) is 24.0 Å². The molecule has 4 heteroatoms. The first-order valence-electron chi connectivity index (χ1n) is 11.8. The molecule has 33 heavy (non-hydrogen) atoms. The molecule has 168 valence electrons. The quantitative estimate of drug-likeness (QED) is 0.438. The van der Waals surface area contributed by atoms with E-state index < -0.39 is 0 Å². The maximum Gasteiger partial charge on any atom is 0.253 e. The molecule has 0 bridgehead atoms. The summed E-state index contributed by atoms with van der Waals surface area (Å²) in [5.41, 5.74) is 5.16. The molecule has 0 spiro atoms. The van der Waals surface area contributed by atoms with Crippen LogP contribution < -0.4 is 15.4 Å². The fourth-order valence-electron chi connectivity index (χ4n) is 5.18. The van der Waals surface area contributed by atoms with Gasteiger partial charge in [0.05, 0.1) is 29.9 Å². The number of anilines is 1. The van der Waals surface area contributed by atoms with Crippen LogP contribution in [0.3, 0.4) is 0 Å². The molecule has 0 saturated heterocycles. The SMILES string of the molecule is CCOc1ccc(C2Nc3c(C(=O)NC(C)c4ccccc4)cccc3C3C=CCC32)cc1. The fourth-order valence-corrected chi connectivity index (χ4v) is 5.18. The van der Waals surface area contributed by atoms with E-state index in [0.717, 1.165) is 23.4 Å². The number of amides is 1. The summed E-state index contributed by atoms with van der Waals surface area (Å²) >= 11 is 0. The minimum atomic E-state index is -0.0702. The van der Waals surface area contributed by atoms with Crippen molar-refractivity contribution in [3.63, 3.8) is 0 Å². The van der Waals surface area contributed by atoms with Gasteiger partial charge in [-0.3, -0.25) is 4.79 Å². The lowest BCUT2D eigenvalue weighted by atomic mass is 9.76. The zero-order valence-electron chi connectivity index (χ0n) is 19.1. The highest BCUT2D eigenvalue weighted by atomic mass is 16.5. The molecule has 2 N–H and O–H groups in total. The van der Waals surface area contributed by atoms with Gasteiger partial charge in [0.2, 0.25) is 0 Å². The Kier molecular flexibility index (Phi) is 5.91. The van der Waals surface area contributed by atoms with Crippen molar-refractivity contribution < 1.29 is 9.53 Å². The summed E-state index contributed by atoms with van der Waals surface area (Å²) in [5, 5.41) is 6.94. The molecular weight excluding hydrogens is 408 g/mol. The number of carbonyl (C=O) groups is 1. The van der Waals surface area contributed by atoms with E-state index in [-0.39, 0.29) is 18.0 Å². The molecule has 3 aromatic rings. The third-order valence-electron chi connectivity index (χ3n) is 6.84. The van der Waals surface area contributed by atoms with Gasteiger partial charge in [0.1, 0.15) is 5.75 Å². The molecule has 3 aromatic carbocycles. The van der Waals surface area contributed by atoms with Gasteiger partial charge >= 0.3 is 0 Å². The van der Waals surface area contributed by atoms with Gasteiger partial charge in [-0.1, -0.05) is 66.7 Å². The Balaban J connectivity index is 1.45. The van der Waals surface area contributed by atoms with Gasteiger partial charge in [0.25, 0.3) is 5.91 Å². The average Bonchev–Trinajstić information content (AvgIpc) is 3.35. The van der Waals surface area contributed by atoms with E-state index in [2.05, 4.69) is 41.0 Å². The van der Waals surface area contributed by atoms with Crippen LogP contribution in [0.2, 0.25) is 0 Å². The molecule has 4 atom stereocenters. The number of nitrogens with one attached hydrogen (secondary N) is 2. The Bertz CT molecular complexity index is 1150. The number of fused-ring (bicyclic) bond motifs is 3. The van der Waals surface area contributed by atoms with Crippen molar-refractivity contribution >= 4 is 11.6 Å². The number of hydrogen-bond donors (Lipinski definition) is 2. The van der Waals surface area contributed by atoms with Gasteiger partial charge in [-0.05, 0) is 61.1 Å². The van der Waals surface area contributed by atoms with Crippen LogP contribution in [0.4, 0.5) is 5.69 Å². The molecule has 0 radical (unpaired) electrons. The highest BCUT2D eigenvalue weighted by molar-refractivity contribution is 6.01. The van der Waals surface area contributed by atoms with Crippen molar-refractivity contribution in [3.05, 3.63) is 107 Å². The Morgan fingerprint density at radius 1 is 1.06 bits per heavy atom. The molecule has 2 aliphatic rings. The summed E-state index contributed by atoms with van der Waals surface area (Å²) in [7, 11) is 0. The summed E-state index contributed by atoms with van der Waals surface area (Å²) < 4.78 is 5.63. The zero-order chi connectivity index (χ0) is 22.8. The van der Waals surface area contributed by atoms with Gasteiger partial charge in [0, 0.05) is 5.92 Å². The Labute approximate surface area is 195 Å². The molecule has 0 aromatic heterocycles. The summed E-state index contributed by atoms with van der Waals surface area (Å²) in [5.74, 6) is 1.56. The number of benzene rings is 3. The van der Waals surface area contributed by atoms with Crippen LogP contribution in [-0.2, 0) is 0 Å². The number of carbonyl (C=O) groups excluding carboxylic acids is 1. The Morgan fingerprint density at radius 2 is 1.85 bits per heavy atom. The van der Waals surface area contributed by atoms with Crippen molar-refractivity contribution in [3.8, 4) is 5.75 Å². The summed E-state index contributed by atoms with van der Waals surface area (Å²) in [4.78, 5) is 13.4. The first-order chi connectivity index (χ1) is 16.2. The second-order valence-corrected chi connectivity index (χ2v) is 8.85. The third kappa shape index (κ3) is 4.13. The van der Waals surface area contributed by atoms with Crippen molar-refractivity contribution in [1.82, 2.24) is 5.32 Å². The fraction of sp³-hybridized carbons (Fsp3) is 0.276. The lowest BCUT2D eigenvalue weighted by Crippen LogP contribution is -2.32. The predicted octanol–water partition coefficient (Wildman–Crippen LogP) is 6.40. The van der Waals surface area contributed by atoms with Gasteiger partial charge < -0.3 is 15.4 Å². The third-order valence-corrected chi connectivity index (χ3v) is 6.84. The summed E-state index contributed by atoms with van der Waals surface area (Å²) in [6.45, 7) is 4.67. The molecular formula is C29H30N2O2. The lowest BCUT2D eigenvalue weighted by molar-refractivity contribution is 0.0940. The predicted molar refractivity (Wildman–Crippen MR) is 133 cm³/mol. The van der Waals surface area contributed by atoms with Crippen LogP contribution in [-0.4, -0.2) is 12.5 Å². The molecule has 1 aliphatic carbocycles. The minimum Gasteiger partial charge on any atom is -0.494 e.